The van der Waals surface area contributed by atoms with E-state index in [1.807, 2.05) is 66.7 Å². The number of aromatic nitrogens is 1. The van der Waals surface area contributed by atoms with Gasteiger partial charge in [0.2, 0.25) is 0 Å². The highest BCUT2D eigenvalue weighted by Gasteiger charge is 2.14. The molecule has 0 aliphatic rings. The number of benzene rings is 2. The Balaban J connectivity index is 1.98. The van der Waals surface area contributed by atoms with Gasteiger partial charge in [-0.15, -0.1) is 11.3 Å². The molecule has 2 nitrogen and oxygen atoms in total. The first-order valence-electron chi connectivity index (χ1n) is 7.82. The van der Waals surface area contributed by atoms with Crippen LogP contribution in [0.4, 0.5) is 0 Å². The van der Waals surface area contributed by atoms with Gasteiger partial charge in [-0.3, -0.25) is 9.78 Å². The minimum absolute atomic E-state index is 0.111. The highest BCUT2D eigenvalue weighted by atomic mass is 32.1. The van der Waals surface area contributed by atoms with E-state index >= 15 is 0 Å². The van der Waals surface area contributed by atoms with Crippen molar-refractivity contribution >= 4 is 21.4 Å². The molecule has 4 rings (SSSR count). The van der Waals surface area contributed by atoms with Crippen LogP contribution in [-0.4, -0.2) is 4.98 Å². The van der Waals surface area contributed by atoms with Crippen molar-refractivity contribution in [3.05, 3.63) is 99.8 Å². The van der Waals surface area contributed by atoms with E-state index in [0.29, 0.717) is 0 Å². The van der Waals surface area contributed by atoms with Crippen molar-refractivity contribution in [1.29, 1.82) is 0 Å². The summed E-state index contributed by atoms with van der Waals surface area (Å²) < 4.78 is 1.03. The maximum atomic E-state index is 13.1. The molecule has 4 aromatic rings. The maximum Gasteiger partial charge on any atom is 0.196 e. The second kappa shape index (κ2) is 6.38. The zero-order valence-electron chi connectivity index (χ0n) is 13.0. The van der Waals surface area contributed by atoms with Crippen LogP contribution in [0.5, 0.6) is 0 Å². The van der Waals surface area contributed by atoms with E-state index in [4.69, 9.17) is 0 Å². The van der Waals surface area contributed by atoms with Crippen molar-refractivity contribution in [2.24, 2.45) is 0 Å². The number of hydrogen-bond acceptors (Lipinski definition) is 3. The van der Waals surface area contributed by atoms with E-state index in [9.17, 15) is 4.79 Å². The Labute approximate surface area is 144 Å². The van der Waals surface area contributed by atoms with Gasteiger partial charge < -0.3 is 0 Å². The van der Waals surface area contributed by atoms with E-state index in [0.717, 1.165) is 38.1 Å². The molecule has 116 valence electrons. The molecule has 2 heterocycles. The zero-order valence-corrected chi connectivity index (χ0v) is 13.8. The summed E-state index contributed by atoms with van der Waals surface area (Å²) in [5, 5.41) is 0.792. The van der Waals surface area contributed by atoms with E-state index in [-0.39, 0.29) is 5.43 Å². The lowest BCUT2D eigenvalue weighted by Crippen LogP contribution is -2.08. The van der Waals surface area contributed by atoms with Crippen LogP contribution in [0.3, 0.4) is 0 Å². The van der Waals surface area contributed by atoms with Gasteiger partial charge in [-0.05, 0) is 35.4 Å². The summed E-state index contributed by atoms with van der Waals surface area (Å²) in [6.45, 7) is 0. The summed E-state index contributed by atoms with van der Waals surface area (Å²) in [5.74, 6) is 0. The van der Waals surface area contributed by atoms with Crippen LogP contribution in [0.1, 0.15) is 10.4 Å². The number of nitrogens with zero attached hydrogens (tertiary/aromatic N) is 1. The van der Waals surface area contributed by atoms with Gasteiger partial charge in [-0.25, -0.2) is 0 Å². The van der Waals surface area contributed by atoms with Gasteiger partial charge in [-0.2, -0.15) is 0 Å². The molecule has 0 spiro atoms. The van der Waals surface area contributed by atoms with Crippen molar-refractivity contribution in [3.8, 4) is 11.1 Å². The fourth-order valence-electron chi connectivity index (χ4n) is 2.90. The molecule has 0 aliphatic heterocycles. The molecule has 3 heteroatoms. The van der Waals surface area contributed by atoms with Crippen LogP contribution in [0, 0.1) is 0 Å². The second-order valence-electron chi connectivity index (χ2n) is 5.62. The van der Waals surface area contributed by atoms with Crippen LogP contribution in [0.2, 0.25) is 0 Å². The molecule has 0 atom stereocenters. The smallest absolute Gasteiger partial charge is 0.196 e. The predicted molar refractivity (Wildman–Crippen MR) is 101 cm³/mol. The number of fused-ring (bicyclic) bond motifs is 1. The first-order valence-corrected chi connectivity index (χ1v) is 8.63. The van der Waals surface area contributed by atoms with Crippen molar-refractivity contribution < 1.29 is 0 Å². The number of rotatable bonds is 3. The minimum Gasteiger partial charge on any atom is -0.288 e. The Morgan fingerprint density at radius 2 is 1.54 bits per heavy atom. The Hall–Kier alpha value is -2.78. The molecule has 0 saturated carbocycles. The van der Waals surface area contributed by atoms with Crippen molar-refractivity contribution in [1.82, 2.24) is 4.98 Å². The van der Waals surface area contributed by atoms with Crippen LogP contribution < -0.4 is 5.43 Å². The largest absolute Gasteiger partial charge is 0.288 e. The fraction of sp³-hybridized carbons (Fsp3) is 0.0476. The van der Waals surface area contributed by atoms with Gasteiger partial charge in [0, 0.05) is 39.3 Å². The van der Waals surface area contributed by atoms with Crippen LogP contribution in [0.15, 0.2) is 83.9 Å². The Kier molecular flexibility index (Phi) is 3.93. The molecule has 0 aliphatic carbocycles. The van der Waals surface area contributed by atoms with Crippen LogP contribution in [0.25, 0.3) is 21.2 Å². The molecule has 0 amide bonds. The molecule has 2 aromatic carbocycles. The lowest BCUT2D eigenvalue weighted by Gasteiger charge is -2.10. The molecule has 24 heavy (non-hydrogen) atoms. The minimum atomic E-state index is 0.111. The molecule has 0 bridgehead atoms. The summed E-state index contributed by atoms with van der Waals surface area (Å²) >= 11 is 1.70. The molecule has 0 unspecified atom stereocenters. The SMILES string of the molecule is O=c1c(-c2ccccc2)c(Cc2ccncc2)sc2ccccc12. The molecule has 0 saturated heterocycles. The molecule has 0 fully saturated rings. The van der Waals surface area contributed by atoms with Gasteiger partial charge in [0.1, 0.15) is 0 Å². The highest BCUT2D eigenvalue weighted by Crippen LogP contribution is 2.30. The first kappa shape index (κ1) is 14.8. The summed E-state index contributed by atoms with van der Waals surface area (Å²) in [7, 11) is 0. The Morgan fingerprint density at radius 3 is 2.33 bits per heavy atom. The van der Waals surface area contributed by atoms with Gasteiger partial charge >= 0.3 is 0 Å². The number of hydrogen-bond donors (Lipinski definition) is 0. The van der Waals surface area contributed by atoms with Gasteiger partial charge in [-0.1, -0.05) is 42.5 Å². The summed E-state index contributed by atoms with van der Waals surface area (Å²) in [6, 6.07) is 21.8. The quantitative estimate of drug-likeness (QED) is 0.534. The molecule has 0 N–H and O–H groups in total. The average molecular weight is 329 g/mol. The Morgan fingerprint density at radius 1 is 0.833 bits per heavy atom. The third-order valence-electron chi connectivity index (χ3n) is 4.05. The standard InChI is InChI=1S/C21H15NOS/c23-21-17-8-4-5-9-18(17)24-19(14-15-10-12-22-13-11-15)20(21)16-6-2-1-3-7-16/h1-13H,14H2. The monoisotopic (exact) mass is 329 g/mol. The topological polar surface area (TPSA) is 30.0 Å². The van der Waals surface area contributed by atoms with Crippen molar-refractivity contribution in [3.63, 3.8) is 0 Å². The van der Waals surface area contributed by atoms with E-state index in [1.54, 1.807) is 23.7 Å². The zero-order chi connectivity index (χ0) is 16.4. The van der Waals surface area contributed by atoms with E-state index in [1.165, 1.54) is 0 Å². The summed E-state index contributed by atoms with van der Waals surface area (Å²) in [6.07, 6.45) is 4.32. The number of pyridine rings is 1. The normalized spacial score (nSPS) is 10.8. The van der Waals surface area contributed by atoms with Gasteiger partial charge in [0.25, 0.3) is 0 Å². The second-order valence-corrected chi connectivity index (χ2v) is 6.76. The highest BCUT2D eigenvalue weighted by molar-refractivity contribution is 7.18. The molecular weight excluding hydrogens is 314 g/mol. The van der Waals surface area contributed by atoms with Crippen molar-refractivity contribution in [2.45, 2.75) is 6.42 Å². The van der Waals surface area contributed by atoms with Gasteiger partial charge in [0.15, 0.2) is 5.43 Å². The molecular formula is C21H15NOS. The van der Waals surface area contributed by atoms with Crippen LogP contribution >= 0.6 is 11.3 Å². The third kappa shape index (κ3) is 2.74. The first-order chi connectivity index (χ1) is 11.8. The predicted octanol–water partition coefficient (Wildman–Crippen LogP) is 4.91. The van der Waals surface area contributed by atoms with Crippen molar-refractivity contribution in [2.75, 3.05) is 0 Å². The van der Waals surface area contributed by atoms with Crippen LogP contribution in [-0.2, 0) is 6.42 Å². The summed E-state index contributed by atoms with van der Waals surface area (Å²) in [4.78, 5) is 18.3. The third-order valence-corrected chi connectivity index (χ3v) is 5.22. The lowest BCUT2D eigenvalue weighted by atomic mass is 10.0. The lowest BCUT2D eigenvalue weighted by molar-refractivity contribution is 1.19. The summed E-state index contributed by atoms with van der Waals surface area (Å²) in [5.41, 5.74) is 3.07. The fourth-order valence-corrected chi connectivity index (χ4v) is 4.13. The van der Waals surface area contributed by atoms with E-state index < -0.39 is 0 Å². The molecule has 2 aromatic heterocycles. The van der Waals surface area contributed by atoms with Gasteiger partial charge in [0.05, 0.1) is 0 Å². The average Bonchev–Trinajstić information content (AvgIpc) is 2.64. The maximum absolute atomic E-state index is 13.1. The molecule has 0 radical (unpaired) electrons. The van der Waals surface area contributed by atoms with E-state index in [2.05, 4.69) is 4.98 Å². The Bertz CT molecular complexity index is 1040.